The van der Waals surface area contributed by atoms with Gasteiger partial charge in [0.05, 0.1) is 11.1 Å². The summed E-state index contributed by atoms with van der Waals surface area (Å²) in [7, 11) is 0. The van der Waals surface area contributed by atoms with Gasteiger partial charge < -0.3 is 30.0 Å². The lowest BCUT2D eigenvalue weighted by Gasteiger charge is -2.21. The number of hydrogen-bond donors (Lipinski definition) is 3. The number of alkyl carbamates (subject to hydrolysis) is 1. The summed E-state index contributed by atoms with van der Waals surface area (Å²) in [5.74, 6) is -2.50. The lowest BCUT2D eigenvalue weighted by atomic mass is 10.00. The average molecular weight is 875 g/mol. The first-order valence-corrected chi connectivity index (χ1v) is 21.4. The highest BCUT2D eigenvalue weighted by molar-refractivity contribution is 7.98. The molecule has 5 aromatic carbocycles. The molecule has 13 heteroatoms. The largest absolute Gasteiger partial charge is 0.480 e. The van der Waals surface area contributed by atoms with E-state index in [2.05, 4.69) is 10.6 Å². The Morgan fingerprint density at radius 2 is 0.984 bits per heavy atom. The van der Waals surface area contributed by atoms with Gasteiger partial charge in [0.15, 0.2) is 13.2 Å². The molecule has 12 nitrogen and oxygen atoms in total. The minimum absolute atomic E-state index is 0.0558. The number of ether oxygens (including phenoxy) is 3. The summed E-state index contributed by atoms with van der Waals surface area (Å²) in [5, 5.41) is 14.8. The van der Waals surface area contributed by atoms with Crippen LogP contribution >= 0.6 is 11.8 Å². The number of carbonyl (C=O) groups is 6. The van der Waals surface area contributed by atoms with Gasteiger partial charge in [0, 0.05) is 17.9 Å². The molecule has 63 heavy (non-hydrogen) atoms. The van der Waals surface area contributed by atoms with Gasteiger partial charge in [-0.2, -0.15) is 11.8 Å². The third-order valence-corrected chi connectivity index (χ3v) is 10.7. The fraction of sp³-hybridized carbons (Fsp3) is 0.280. The van der Waals surface area contributed by atoms with Gasteiger partial charge in [-0.15, -0.1) is 0 Å². The van der Waals surface area contributed by atoms with Crippen molar-refractivity contribution in [1.29, 1.82) is 0 Å². The molecule has 330 valence electrons. The Bertz CT molecular complexity index is 2230. The first-order chi connectivity index (χ1) is 30.1. The molecule has 0 aliphatic rings. The molecular weight excluding hydrogens is 821 g/mol. The van der Waals surface area contributed by atoms with Crippen LogP contribution in [0, 0.1) is 41.5 Å². The molecule has 0 radical (unpaired) electrons. The van der Waals surface area contributed by atoms with Crippen LogP contribution in [0.4, 0.5) is 4.79 Å². The lowest BCUT2D eigenvalue weighted by molar-refractivity contribution is -0.141. The highest BCUT2D eigenvalue weighted by atomic mass is 32.2. The van der Waals surface area contributed by atoms with Crippen LogP contribution < -0.4 is 10.6 Å². The first-order valence-electron chi connectivity index (χ1n) is 20.3. The van der Waals surface area contributed by atoms with Gasteiger partial charge in [-0.1, -0.05) is 126 Å². The van der Waals surface area contributed by atoms with E-state index in [-0.39, 0.29) is 18.8 Å². The highest BCUT2D eigenvalue weighted by Crippen LogP contribution is 2.19. The number of amides is 2. The number of hydrogen-bond acceptors (Lipinski definition) is 10. The van der Waals surface area contributed by atoms with Gasteiger partial charge in [0.2, 0.25) is 11.7 Å². The maximum atomic E-state index is 13.1. The number of carbonyl (C=O) groups excluding carboxylic acids is 5. The fourth-order valence-corrected chi connectivity index (χ4v) is 7.77. The van der Waals surface area contributed by atoms with E-state index in [0.717, 1.165) is 50.1 Å². The van der Waals surface area contributed by atoms with E-state index in [4.69, 9.17) is 14.2 Å². The Hall–Kier alpha value is -6.73. The van der Waals surface area contributed by atoms with Crippen molar-refractivity contribution in [3.05, 3.63) is 176 Å². The molecule has 0 heterocycles. The van der Waals surface area contributed by atoms with E-state index in [1.807, 2.05) is 157 Å². The number of rotatable bonds is 18. The minimum atomic E-state index is -1.14. The standard InChI is InChI=1S/C27H28N2O5S.C23H26O5/c30-25(28-24(26(31)32)19-35-18-22-14-8-3-9-15-22)23(16-20-10-4-1-5-11-20)29-27(33)34-17-21-12-6-2-7-13-21;1-13-7-15(3)20(16(4)8-13)22(25)27-11-19(24)12-28-23(26)21-17(5)9-14(2)10-18(21)6/h1-15,23-24H,16-19H2,(H,28,30)(H,29,33)(H,31,32);7-10H,11-12H2,1-6H3/t23-,24-;/m0./s1. The molecule has 0 aliphatic carbocycles. The van der Waals surface area contributed by atoms with E-state index >= 15 is 0 Å². The second-order valence-corrected chi connectivity index (χ2v) is 16.1. The quantitative estimate of drug-likeness (QED) is 0.0573. The Morgan fingerprint density at radius 1 is 0.556 bits per heavy atom. The van der Waals surface area contributed by atoms with Gasteiger partial charge in [-0.05, 0) is 80.5 Å². The Balaban J connectivity index is 0.000000284. The van der Waals surface area contributed by atoms with Crippen molar-refractivity contribution in [1.82, 2.24) is 10.6 Å². The lowest BCUT2D eigenvalue weighted by Crippen LogP contribution is -2.53. The summed E-state index contributed by atoms with van der Waals surface area (Å²) in [4.78, 5) is 73.9. The zero-order chi connectivity index (χ0) is 45.9. The predicted octanol–water partition coefficient (Wildman–Crippen LogP) is 8.15. The third-order valence-electron chi connectivity index (χ3n) is 9.61. The van der Waals surface area contributed by atoms with E-state index < -0.39 is 61.0 Å². The van der Waals surface area contributed by atoms with Crippen molar-refractivity contribution in [2.75, 3.05) is 19.0 Å². The number of ketones is 1. The SMILES string of the molecule is Cc1cc(C)c(C(=O)OCC(=O)COC(=O)c2c(C)cc(C)cc2C)c(C)c1.O=C(N[C@@H](Cc1ccccc1)C(=O)N[C@@H](CSCc1ccccc1)C(=O)O)OCc1ccccc1. The van der Waals surface area contributed by atoms with Crippen LogP contribution in [0.15, 0.2) is 115 Å². The number of carboxylic acid groups (broad SMARTS) is 1. The van der Waals surface area contributed by atoms with E-state index in [1.165, 1.54) is 11.8 Å². The molecule has 0 aromatic heterocycles. The Labute approximate surface area is 372 Å². The van der Waals surface area contributed by atoms with Gasteiger partial charge in [0.25, 0.3) is 0 Å². The molecule has 5 aromatic rings. The molecule has 0 unspecified atom stereocenters. The Morgan fingerprint density at radius 3 is 1.43 bits per heavy atom. The number of benzene rings is 5. The van der Waals surface area contributed by atoms with Crippen molar-refractivity contribution in [3.8, 4) is 0 Å². The highest BCUT2D eigenvalue weighted by Gasteiger charge is 2.27. The van der Waals surface area contributed by atoms with Crippen LogP contribution in [0.25, 0.3) is 0 Å². The molecule has 0 saturated carbocycles. The molecule has 0 saturated heterocycles. The number of esters is 2. The second kappa shape index (κ2) is 24.6. The van der Waals surface area contributed by atoms with Gasteiger partial charge in [-0.25, -0.2) is 19.2 Å². The second-order valence-electron chi connectivity index (χ2n) is 15.1. The van der Waals surface area contributed by atoms with E-state index in [1.54, 1.807) is 0 Å². The van der Waals surface area contributed by atoms with E-state index in [9.17, 15) is 33.9 Å². The summed E-state index contributed by atoms with van der Waals surface area (Å²) in [6, 6.07) is 33.5. The molecule has 3 N–H and O–H groups in total. The van der Waals surface area contributed by atoms with Gasteiger partial charge >= 0.3 is 24.0 Å². The summed E-state index contributed by atoms with van der Waals surface area (Å²) in [5.41, 5.74) is 8.92. The van der Waals surface area contributed by atoms with Crippen molar-refractivity contribution in [3.63, 3.8) is 0 Å². The zero-order valence-electron chi connectivity index (χ0n) is 36.4. The van der Waals surface area contributed by atoms with Crippen LogP contribution in [-0.2, 0) is 47.4 Å². The van der Waals surface area contributed by atoms with Crippen molar-refractivity contribution in [2.24, 2.45) is 0 Å². The number of Topliss-reactive ketones (excluding diaryl/α,β-unsaturated/α-hetero) is 1. The Kier molecular flexibility index (Phi) is 19.1. The summed E-state index contributed by atoms with van der Waals surface area (Å²) in [6.07, 6.45) is -0.563. The van der Waals surface area contributed by atoms with Crippen LogP contribution in [0.1, 0.15) is 70.8 Å². The minimum Gasteiger partial charge on any atom is -0.480 e. The summed E-state index contributed by atoms with van der Waals surface area (Å²) >= 11 is 1.41. The number of aliphatic carboxylic acids is 1. The maximum Gasteiger partial charge on any atom is 0.408 e. The molecule has 0 aliphatic heterocycles. The summed E-state index contributed by atoms with van der Waals surface area (Å²) < 4.78 is 15.5. The smallest absolute Gasteiger partial charge is 0.408 e. The van der Waals surface area contributed by atoms with E-state index in [0.29, 0.717) is 16.9 Å². The van der Waals surface area contributed by atoms with Crippen LogP contribution in [0.2, 0.25) is 0 Å². The third kappa shape index (κ3) is 16.2. The average Bonchev–Trinajstić information content (AvgIpc) is 3.24. The first kappa shape index (κ1) is 48.9. The van der Waals surface area contributed by atoms with Crippen LogP contribution in [0.3, 0.4) is 0 Å². The molecule has 2 atom stereocenters. The molecule has 0 spiro atoms. The molecule has 2 amide bonds. The topological polar surface area (TPSA) is 174 Å². The van der Waals surface area contributed by atoms with Crippen LogP contribution in [0.5, 0.6) is 0 Å². The van der Waals surface area contributed by atoms with Gasteiger partial charge in [-0.3, -0.25) is 9.59 Å². The molecule has 0 bridgehead atoms. The van der Waals surface area contributed by atoms with Crippen molar-refractivity contribution >= 4 is 47.5 Å². The fourth-order valence-electron chi connectivity index (χ4n) is 6.76. The molecule has 0 fully saturated rings. The molecular formula is C50H54N2O10S. The number of nitrogens with one attached hydrogen (secondary N) is 2. The number of carboxylic acids is 1. The molecule has 5 rings (SSSR count). The van der Waals surface area contributed by atoms with Gasteiger partial charge in [0.1, 0.15) is 18.7 Å². The van der Waals surface area contributed by atoms with Crippen molar-refractivity contribution in [2.45, 2.75) is 72.4 Å². The zero-order valence-corrected chi connectivity index (χ0v) is 37.2. The monoisotopic (exact) mass is 874 g/mol. The number of thioether (sulfide) groups is 1. The van der Waals surface area contributed by atoms with Crippen LogP contribution in [-0.4, -0.2) is 71.8 Å². The summed E-state index contributed by atoms with van der Waals surface area (Å²) in [6.45, 7) is 10.4. The maximum absolute atomic E-state index is 13.1. The van der Waals surface area contributed by atoms with Crippen molar-refractivity contribution < 1.29 is 48.1 Å². The normalized spacial score (nSPS) is 11.5. The number of aryl methyl sites for hydroxylation is 6. The predicted molar refractivity (Wildman–Crippen MR) is 243 cm³/mol.